The van der Waals surface area contributed by atoms with E-state index in [-0.39, 0.29) is 16.3 Å². The highest BCUT2D eigenvalue weighted by Crippen LogP contribution is 2.25. The molecule has 0 saturated carbocycles. The van der Waals surface area contributed by atoms with E-state index in [0.717, 1.165) is 35.1 Å². The summed E-state index contributed by atoms with van der Waals surface area (Å²) in [6.45, 7) is 1.76. The number of carbonyl (C=O) groups excluding carboxylic acids is 1. The number of non-ortho nitro benzene ring substituents is 2. The zero-order valence-electron chi connectivity index (χ0n) is 18.3. The Morgan fingerprint density at radius 1 is 1.03 bits per heavy atom. The number of aromatic nitrogens is 3. The van der Waals surface area contributed by atoms with Gasteiger partial charge in [0, 0.05) is 29.3 Å². The van der Waals surface area contributed by atoms with E-state index < -0.39 is 27.1 Å². The van der Waals surface area contributed by atoms with Crippen LogP contribution in [0.15, 0.2) is 65.0 Å². The molecule has 12 nitrogen and oxygen atoms in total. The quantitative estimate of drug-likeness (QED) is 0.290. The molecular weight excluding hydrogens is 476 g/mol. The monoisotopic (exact) mass is 492 g/mol. The first-order valence-electron chi connectivity index (χ1n) is 9.96. The first-order valence-corrected chi connectivity index (χ1v) is 10.8. The van der Waals surface area contributed by atoms with Crippen LogP contribution in [-0.2, 0) is 0 Å². The number of amides is 1. The molecule has 2 aromatic carbocycles. The van der Waals surface area contributed by atoms with Gasteiger partial charge in [-0.3, -0.25) is 29.6 Å². The van der Waals surface area contributed by atoms with Gasteiger partial charge in [0.1, 0.15) is 0 Å². The number of hydrogen-bond donors (Lipinski definition) is 0. The van der Waals surface area contributed by atoms with E-state index in [4.69, 9.17) is 4.74 Å². The Morgan fingerprint density at radius 3 is 2.29 bits per heavy atom. The molecule has 0 N–H and O–H groups in total. The van der Waals surface area contributed by atoms with Gasteiger partial charge in [-0.15, -0.1) is 11.3 Å². The molecule has 13 heteroatoms. The van der Waals surface area contributed by atoms with Crippen LogP contribution in [0.2, 0.25) is 0 Å². The maximum Gasteiger partial charge on any atom is 0.280 e. The first kappa shape index (κ1) is 23.4. The molecule has 176 valence electrons. The standard InChI is InChI=1S/C22H16N6O6S/c1-13-8-19(34-2)24-21(23-13)26-18(14-6-4-3-5-7-14)12-35-22(26)25-20(29)15-9-16(27(30)31)11-17(10-15)28(32)33/h3-12H,1-2H3. The average molecular weight is 492 g/mol. The number of hydrogen-bond acceptors (Lipinski definition) is 9. The zero-order chi connectivity index (χ0) is 25.1. The number of carbonyl (C=O) groups is 1. The fraction of sp³-hybridized carbons (Fsp3) is 0.0909. The normalized spacial score (nSPS) is 11.3. The number of ether oxygens (including phenoxy) is 1. The van der Waals surface area contributed by atoms with Crippen LogP contribution in [0, 0.1) is 27.2 Å². The summed E-state index contributed by atoms with van der Waals surface area (Å²) in [5.74, 6) is -0.401. The fourth-order valence-corrected chi connectivity index (χ4v) is 4.08. The third-order valence-electron chi connectivity index (χ3n) is 4.77. The van der Waals surface area contributed by atoms with Gasteiger partial charge in [-0.25, -0.2) is 4.98 Å². The summed E-state index contributed by atoms with van der Waals surface area (Å²) in [7, 11) is 1.46. The molecule has 0 atom stereocenters. The Hall–Kier alpha value is -4.78. The van der Waals surface area contributed by atoms with Gasteiger partial charge >= 0.3 is 0 Å². The molecule has 4 rings (SSSR count). The van der Waals surface area contributed by atoms with Crippen molar-refractivity contribution in [3.05, 3.63) is 96.3 Å². The van der Waals surface area contributed by atoms with Crippen LogP contribution in [0.5, 0.6) is 5.88 Å². The van der Waals surface area contributed by atoms with E-state index in [0.29, 0.717) is 17.3 Å². The number of benzene rings is 2. The van der Waals surface area contributed by atoms with Gasteiger partial charge in [-0.1, -0.05) is 30.3 Å². The second kappa shape index (κ2) is 9.61. The van der Waals surface area contributed by atoms with Crippen LogP contribution < -0.4 is 9.54 Å². The lowest BCUT2D eigenvalue weighted by Gasteiger charge is -2.09. The number of nitro benzene ring substituents is 2. The molecule has 0 radical (unpaired) electrons. The minimum Gasteiger partial charge on any atom is -0.481 e. The molecule has 0 aliphatic heterocycles. The van der Waals surface area contributed by atoms with E-state index in [2.05, 4.69) is 15.0 Å². The summed E-state index contributed by atoms with van der Waals surface area (Å²) in [4.78, 5) is 46.9. The lowest BCUT2D eigenvalue weighted by Crippen LogP contribution is -2.19. The molecule has 1 amide bonds. The molecule has 35 heavy (non-hydrogen) atoms. The summed E-state index contributed by atoms with van der Waals surface area (Å²) in [6, 6.07) is 13.6. The zero-order valence-corrected chi connectivity index (χ0v) is 19.1. The molecule has 0 aliphatic carbocycles. The number of thiazole rings is 1. The summed E-state index contributed by atoms with van der Waals surface area (Å²) in [5, 5.41) is 24.2. The Balaban J connectivity index is 1.93. The number of methoxy groups -OCH3 is 1. The van der Waals surface area contributed by atoms with Gasteiger partial charge < -0.3 is 4.74 Å². The van der Waals surface area contributed by atoms with Crippen LogP contribution >= 0.6 is 11.3 Å². The van der Waals surface area contributed by atoms with E-state index >= 15 is 0 Å². The van der Waals surface area contributed by atoms with E-state index in [1.807, 2.05) is 30.3 Å². The Morgan fingerprint density at radius 2 is 1.69 bits per heavy atom. The lowest BCUT2D eigenvalue weighted by atomic mass is 10.1. The maximum atomic E-state index is 13.0. The van der Waals surface area contributed by atoms with Crippen molar-refractivity contribution in [2.24, 2.45) is 4.99 Å². The summed E-state index contributed by atoms with van der Waals surface area (Å²) in [6.07, 6.45) is 0. The van der Waals surface area contributed by atoms with Gasteiger partial charge in [0.2, 0.25) is 16.6 Å². The van der Waals surface area contributed by atoms with Crippen LogP contribution in [0.25, 0.3) is 17.2 Å². The molecule has 0 fully saturated rings. The highest BCUT2D eigenvalue weighted by Gasteiger charge is 2.21. The fourth-order valence-electron chi connectivity index (χ4n) is 3.20. The molecule has 0 aliphatic rings. The Kier molecular flexibility index (Phi) is 6.42. The predicted molar refractivity (Wildman–Crippen MR) is 126 cm³/mol. The third kappa shape index (κ3) is 4.94. The molecule has 2 heterocycles. The Labute approximate surface area is 201 Å². The van der Waals surface area contributed by atoms with Crippen molar-refractivity contribution in [3.63, 3.8) is 0 Å². The van der Waals surface area contributed by atoms with E-state index in [1.54, 1.807) is 22.9 Å². The second-order valence-electron chi connectivity index (χ2n) is 7.13. The van der Waals surface area contributed by atoms with Crippen molar-refractivity contribution in [1.29, 1.82) is 0 Å². The number of nitrogens with zero attached hydrogens (tertiary/aromatic N) is 6. The van der Waals surface area contributed by atoms with E-state index in [1.165, 1.54) is 7.11 Å². The molecule has 0 spiro atoms. The van der Waals surface area contributed by atoms with Gasteiger partial charge in [0.05, 0.1) is 34.3 Å². The molecule has 4 aromatic rings. The van der Waals surface area contributed by atoms with Crippen molar-refractivity contribution in [1.82, 2.24) is 14.5 Å². The number of aryl methyl sites for hydroxylation is 1. The van der Waals surface area contributed by atoms with Crippen molar-refractivity contribution in [2.45, 2.75) is 6.92 Å². The van der Waals surface area contributed by atoms with Crippen LogP contribution in [0.3, 0.4) is 0 Å². The summed E-state index contributed by atoms with van der Waals surface area (Å²) in [5.41, 5.74) is 0.570. The molecule has 0 bridgehead atoms. The summed E-state index contributed by atoms with van der Waals surface area (Å²) < 4.78 is 6.81. The van der Waals surface area contributed by atoms with Gasteiger partial charge in [-0.05, 0) is 12.5 Å². The third-order valence-corrected chi connectivity index (χ3v) is 5.60. The average Bonchev–Trinajstić information content (AvgIpc) is 3.27. The van der Waals surface area contributed by atoms with Crippen molar-refractivity contribution >= 4 is 28.6 Å². The van der Waals surface area contributed by atoms with Crippen molar-refractivity contribution < 1.29 is 19.4 Å². The van der Waals surface area contributed by atoms with Crippen LogP contribution in [0.1, 0.15) is 16.1 Å². The van der Waals surface area contributed by atoms with E-state index in [9.17, 15) is 25.0 Å². The molecular formula is C22H16N6O6S. The van der Waals surface area contributed by atoms with Crippen molar-refractivity contribution in [3.8, 4) is 23.1 Å². The lowest BCUT2D eigenvalue weighted by molar-refractivity contribution is -0.394. The molecule has 0 unspecified atom stereocenters. The minimum absolute atomic E-state index is 0.163. The molecule has 0 saturated heterocycles. The van der Waals surface area contributed by atoms with Crippen LogP contribution in [0.4, 0.5) is 11.4 Å². The number of nitro groups is 2. The maximum absolute atomic E-state index is 13.0. The SMILES string of the molecule is COc1cc(C)nc(-n2c(-c3ccccc3)csc2=NC(=O)c2cc([N+](=O)[O-])cc([N+](=O)[O-])c2)n1. The molecule has 2 aromatic heterocycles. The highest BCUT2D eigenvalue weighted by molar-refractivity contribution is 7.07. The van der Waals surface area contributed by atoms with Gasteiger partial charge in [0.15, 0.2) is 0 Å². The Bertz CT molecular complexity index is 1500. The predicted octanol–water partition coefficient (Wildman–Crippen LogP) is 3.87. The highest BCUT2D eigenvalue weighted by atomic mass is 32.1. The smallest absolute Gasteiger partial charge is 0.280 e. The van der Waals surface area contributed by atoms with Crippen molar-refractivity contribution in [2.75, 3.05) is 7.11 Å². The minimum atomic E-state index is -0.897. The second-order valence-corrected chi connectivity index (χ2v) is 7.96. The number of rotatable bonds is 6. The largest absolute Gasteiger partial charge is 0.481 e. The first-order chi connectivity index (χ1) is 16.8. The topological polar surface area (TPSA) is 156 Å². The van der Waals surface area contributed by atoms with Gasteiger partial charge in [-0.2, -0.15) is 9.98 Å². The van der Waals surface area contributed by atoms with Crippen LogP contribution in [-0.4, -0.2) is 37.4 Å². The van der Waals surface area contributed by atoms with Gasteiger partial charge in [0.25, 0.3) is 17.3 Å². The summed E-state index contributed by atoms with van der Waals surface area (Å²) >= 11 is 1.12.